The summed E-state index contributed by atoms with van der Waals surface area (Å²) in [5.41, 5.74) is 0.974. The van der Waals surface area contributed by atoms with E-state index in [0.717, 1.165) is 5.56 Å². The van der Waals surface area contributed by atoms with E-state index in [4.69, 9.17) is 4.42 Å². The molecule has 1 aliphatic heterocycles. The fourth-order valence-corrected chi connectivity index (χ4v) is 3.06. The lowest BCUT2D eigenvalue weighted by Gasteiger charge is -2.34. The Morgan fingerprint density at radius 1 is 1.08 bits per heavy atom. The topological polar surface area (TPSA) is 79.5 Å². The second-order valence-electron chi connectivity index (χ2n) is 6.21. The van der Waals surface area contributed by atoms with Gasteiger partial charge in [0.1, 0.15) is 0 Å². The lowest BCUT2D eigenvalue weighted by molar-refractivity contribution is -0.138. The van der Waals surface area contributed by atoms with Crippen molar-refractivity contribution in [1.82, 2.24) is 20.0 Å². The van der Waals surface area contributed by atoms with Crippen molar-refractivity contribution in [3.8, 4) is 0 Å². The quantitative estimate of drug-likeness (QED) is 0.843. The molecule has 7 nitrogen and oxygen atoms in total. The molecule has 0 radical (unpaired) electrons. The summed E-state index contributed by atoms with van der Waals surface area (Å²) in [6.07, 6.45) is 0.270. The first kappa shape index (κ1) is 17.1. The Morgan fingerprint density at radius 2 is 1.72 bits per heavy atom. The molecule has 0 aliphatic carbocycles. The molecule has 1 fully saturated rings. The molecule has 2 heterocycles. The average molecular weight is 342 g/mol. The summed E-state index contributed by atoms with van der Waals surface area (Å²) in [6.45, 7) is 5.57. The lowest BCUT2D eigenvalue weighted by Crippen LogP contribution is -2.50. The predicted octanol–water partition coefficient (Wildman–Crippen LogP) is 1.59. The number of aryl methyl sites for hydroxylation is 1. The van der Waals surface area contributed by atoms with Gasteiger partial charge in [-0.25, -0.2) is 0 Å². The summed E-state index contributed by atoms with van der Waals surface area (Å²) in [4.78, 5) is 27.8. The van der Waals surface area contributed by atoms with E-state index < -0.39 is 0 Å². The Morgan fingerprint density at radius 3 is 2.28 bits per heavy atom. The highest BCUT2D eigenvalue weighted by molar-refractivity contribution is 5.78. The van der Waals surface area contributed by atoms with Crippen molar-refractivity contribution in [2.75, 3.05) is 26.2 Å². The molecule has 2 amide bonds. The van der Waals surface area contributed by atoms with Gasteiger partial charge in [0.2, 0.25) is 23.6 Å². The van der Waals surface area contributed by atoms with Crippen LogP contribution in [0.1, 0.15) is 36.6 Å². The molecule has 1 aromatic carbocycles. The third-order valence-corrected chi connectivity index (χ3v) is 4.50. The van der Waals surface area contributed by atoms with Crippen LogP contribution in [0.3, 0.4) is 0 Å². The summed E-state index contributed by atoms with van der Waals surface area (Å²) >= 11 is 0. The van der Waals surface area contributed by atoms with Crippen LogP contribution >= 0.6 is 0 Å². The number of piperazine rings is 1. The van der Waals surface area contributed by atoms with Crippen LogP contribution in [0.4, 0.5) is 0 Å². The van der Waals surface area contributed by atoms with Crippen molar-refractivity contribution >= 4 is 11.8 Å². The molecule has 0 spiro atoms. The number of amides is 2. The molecule has 25 heavy (non-hydrogen) atoms. The average Bonchev–Trinajstić information content (AvgIpc) is 3.06. The van der Waals surface area contributed by atoms with Crippen molar-refractivity contribution in [3.63, 3.8) is 0 Å². The number of hydrogen-bond acceptors (Lipinski definition) is 5. The maximum absolute atomic E-state index is 12.8. The minimum atomic E-state index is -0.263. The van der Waals surface area contributed by atoms with Crippen molar-refractivity contribution in [2.24, 2.45) is 0 Å². The van der Waals surface area contributed by atoms with Gasteiger partial charge in [-0.3, -0.25) is 9.59 Å². The summed E-state index contributed by atoms with van der Waals surface area (Å²) in [5.74, 6) is 0.766. The SMILES string of the molecule is CC(=O)N1CCN(C(=O)CC(c2ccccc2)c2nnc(C)o2)CC1. The smallest absolute Gasteiger partial charge is 0.224 e. The first-order valence-electron chi connectivity index (χ1n) is 8.43. The molecular weight excluding hydrogens is 320 g/mol. The van der Waals surface area contributed by atoms with Crippen LogP contribution in [0, 0.1) is 6.92 Å². The van der Waals surface area contributed by atoms with Gasteiger partial charge in [-0.1, -0.05) is 30.3 Å². The van der Waals surface area contributed by atoms with Gasteiger partial charge < -0.3 is 14.2 Å². The number of benzene rings is 1. The first-order valence-corrected chi connectivity index (χ1v) is 8.43. The molecule has 1 saturated heterocycles. The largest absolute Gasteiger partial charge is 0.425 e. The van der Waals surface area contributed by atoms with Gasteiger partial charge in [-0.15, -0.1) is 10.2 Å². The molecule has 3 rings (SSSR count). The van der Waals surface area contributed by atoms with Crippen LogP contribution in [0.25, 0.3) is 0 Å². The third-order valence-electron chi connectivity index (χ3n) is 4.50. The second kappa shape index (κ2) is 7.46. The van der Waals surface area contributed by atoms with Gasteiger partial charge in [-0.05, 0) is 5.56 Å². The number of carbonyl (C=O) groups is 2. The number of hydrogen-bond donors (Lipinski definition) is 0. The van der Waals surface area contributed by atoms with Gasteiger partial charge in [0, 0.05) is 46.4 Å². The molecule has 7 heteroatoms. The molecule has 132 valence electrons. The Kier molecular flexibility index (Phi) is 5.11. The fourth-order valence-electron chi connectivity index (χ4n) is 3.06. The van der Waals surface area contributed by atoms with Crippen molar-refractivity contribution in [3.05, 3.63) is 47.7 Å². The second-order valence-corrected chi connectivity index (χ2v) is 6.21. The zero-order valence-electron chi connectivity index (χ0n) is 14.5. The maximum atomic E-state index is 12.8. The van der Waals surface area contributed by atoms with E-state index in [0.29, 0.717) is 38.0 Å². The van der Waals surface area contributed by atoms with Crippen LogP contribution in [-0.2, 0) is 9.59 Å². The Bertz CT molecular complexity index is 736. The van der Waals surface area contributed by atoms with Gasteiger partial charge >= 0.3 is 0 Å². The molecule has 0 N–H and O–H groups in total. The normalized spacial score (nSPS) is 15.9. The first-order chi connectivity index (χ1) is 12.0. The molecule has 1 aromatic heterocycles. The predicted molar refractivity (Wildman–Crippen MR) is 90.8 cm³/mol. The highest BCUT2D eigenvalue weighted by atomic mass is 16.4. The van der Waals surface area contributed by atoms with E-state index in [-0.39, 0.29) is 24.2 Å². The molecule has 0 saturated carbocycles. The van der Waals surface area contributed by atoms with Crippen molar-refractivity contribution < 1.29 is 14.0 Å². The van der Waals surface area contributed by atoms with Gasteiger partial charge in [0.15, 0.2) is 0 Å². The van der Waals surface area contributed by atoms with E-state index in [1.165, 1.54) is 0 Å². The summed E-state index contributed by atoms with van der Waals surface area (Å²) in [6, 6.07) is 9.72. The standard InChI is InChI=1S/C18H22N4O3/c1-13-19-20-18(25-13)16(15-6-4-3-5-7-15)12-17(24)22-10-8-21(9-11-22)14(2)23/h3-7,16H,8-12H2,1-2H3. The molecule has 0 bridgehead atoms. The number of aromatic nitrogens is 2. The molecule has 2 aromatic rings. The van der Waals surface area contributed by atoms with Gasteiger partial charge in [0.25, 0.3) is 0 Å². The Labute approximate surface area is 146 Å². The van der Waals surface area contributed by atoms with E-state index in [2.05, 4.69) is 10.2 Å². The zero-order valence-corrected chi connectivity index (χ0v) is 14.5. The van der Waals surface area contributed by atoms with Crippen LogP contribution in [0.5, 0.6) is 0 Å². The lowest BCUT2D eigenvalue weighted by atomic mass is 9.95. The van der Waals surface area contributed by atoms with Gasteiger partial charge in [0.05, 0.1) is 5.92 Å². The minimum Gasteiger partial charge on any atom is -0.425 e. The number of rotatable bonds is 4. The number of carbonyl (C=O) groups excluding carboxylic acids is 2. The molecular formula is C18H22N4O3. The van der Waals surface area contributed by atoms with E-state index in [9.17, 15) is 9.59 Å². The molecule has 1 aliphatic rings. The van der Waals surface area contributed by atoms with Crippen molar-refractivity contribution in [1.29, 1.82) is 0 Å². The maximum Gasteiger partial charge on any atom is 0.224 e. The van der Waals surface area contributed by atoms with E-state index in [1.807, 2.05) is 30.3 Å². The van der Waals surface area contributed by atoms with E-state index >= 15 is 0 Å². The molecule has 1 atom stereocenters. The van der Waals surface area contributed by atoms with E-state index in [1.54, 1.807) is 23.6 Å². The summed E-state index contributed by atoms with van der Waals surface area (Å²) in [5, 5.41) is 8.01. The highest BCUT2D eigenvalue weighted by Gasteiger charge is 2.28. The Balaban J connectivity index is 1.72. The monoisotopic (exact) mass is 342 g/mol. The summed E-state index contributed by atoms with van der Waals surface area (Å²) < 4.78 is 5.59. The Hall–Kier alpha value is -2.70. The fraction of sp³-hybridized carbons (Fsp3) is 0.444. The highest BCUT2D eigenvalue weighted by Crippen LogP contribution is 2.28. The van der Waals surface area contributed by atoms with Crippen LogP contribution in [0.15, 0.2) is 34.7 Å². The number of nitrogens with zero attached hydrogens (tertiary/aromatic N) is 4. The minimum absolute atomic E-state index is 0.0351. The molecule has 1 unspecified atom stereocenters. The van der Waals surface area contributed by atoms with Crippen LogP contribution < -0.4 is 0 Å². The van der Waals surface area contributed by atoms with Gasteiger partial charge in [-0.2, -0.15) is 0 Å². The summed E-state index contributed by atoms with van der Waals surface area (Å²) in [7, 11) is 0. The van der Waals surface area contributed by atoms with Crippen LogP contribution in [0.2, 0.25) is 0 Å². The zero-order chi connectivity index (χ0) is 17.8. The van der Waals surface area contributed by atoms with Crippen LogP contribution in [-0.4, -0.2) is 58.0 Å². The third kappa shape index (κ3) is 4.04. The van der Waals surface area contributed by atoms with Crippen molar-refractivity contribution in [2.45, 2.75) is 26.2 Å².